The van der Waals surface area contributed by atoms with Crippen LogP contribution in [0, 0.1) is 0 Å². The van der Waals surface area contributed by atoms with Gasteiger partial charge in [0.05, 0.1) is 0 Å². The Labute approximate surface area is 107 Å². The second-order valence-electron chi connectivity index (χ2n) is 5.04. The first-order valence-corrected chi connectivity index (χ1v) is 7.08. The van der Waals surface area contributed by atoms with Crippen molar-refractivity contribution in [1.29, 1.82) is 0 Å². The van der Waals surface area contributed by atoms with Crippen LogP contribution in [0.2, 0.25) is 0 Å². The van der Waals surface area contributed by atoms with Crippen LogP contribution >= 0.6 is 0 Å². The van der Waals surface area contributed by atoms with Crippen LogP contribution in [0.1, 0.15) is 26.7 Å². The summed E-state index contributed by atoms with van der Waals surface area (Å²) in [6.07, 6.45) is 2.47. The third kappa shape index (κ3) is 6.20. The lowest BCUT2D eigenvalue weighted by atomic mass is 10.2. The fraction of sp³-hybridized carbons (Fsp3) is 0.857. The standard InChI is InChI=1S/C14H29N3/c1-4-6-15-12-14(3)13-17-10-8-16(7-5-2)9-11-17/h15H,3-13H2,1-2H3. The Morgan fingerprint density at radius 3 is 2.29 bits per heavy atom. The third-order valence-corrected chi connectivity index (χ3v) is 3.25. The van der Waals surface area contributed by atoms with Crippen LogP contribution < -0.4 is 5.32 Å². The van der Waals surface area contributed by atoms with E-state index in [1.165, 1.54) is 51.1 Å². The van der Waals surface area contributed by atoms with Crippen molar-refractivity contribution in [3.8, 4) is 0 Å². The van der Waals surface area contributed by atoms with Crippen molar-refractivity contribution in [2.75, 3.05) is 52.4 Å². The zero-order valence-electron chi connectivity index (χ0n) is 11.7. The highest BCUT2D eigenvalue weighted by atomic mass is 15.3. The lowest BCUT2D eigenvalue weighted by Crippen LogP contribution is -2.47. The summed E-state index contributed by atoms with van der Waals surface area (Å²) < 4.78 is 0. The lowest BCUT2D eigenvalue weighted by Gasteiger charge is -2.34. The smallest absolute Gasteiger partial charge is 0.0203 e. The molecule has 1 aliphatic heterocycles. The molecule has 0 aromatic rings. The maximum atomic E-state index is 4.16. The number of rotatable bonds is 8. The minimum atomic E-state index is 0.975. The Morgan fingerprint density at radius 2 is 1.71 bits per heavy atom. The molecule has 3 nitrogen and oxygen atoms in total. The predicted octanol–water partition coefficient (Wildman–Crippen LogP) is 1.57. The van der Waals surface area contributed by atoms with Crippen molar-refractivity contribution in [3.05, 3.63) is 12.2 Å². The van der Waals surface area contributed by atoms with Gasteiger partial charge in [0.2, 0.25) is 0 Å². The van der Waals surface area contributed by atoms with Crippen LogP contribution in [0.15, 0.2) is 12.2 Å². The second kappa shape index (κ2) is 8.67. The van der Waals surface area contributed by atoms with Gasteiger partial charge in [-0.05, 0) is 31.5 Å². The quantitative estimate of drug-likeness (QED) is 0.512. The Balaban J connectivity index is 2.10. The summed E-state index contributed by atoms with van der Waals surface area (Å²) in [4.78, 5) is 5.09. The molecule has 1 N–H and O–H groups in total. The molecular formula is C14H29N3. The Hall–Kier alpha value is -0.380. The molecule has 0 saturated carbocycles. The van der Waals surface area contributed by atoms with Gasteiger partial charge in [-0.25, -0.2) is 0 Å². The van der Waals surface area contributed by atoms with Crippen LogP contribution in [0.3, 0.4) is 0 Å². The molecule has 0 aromatic heterocycles. The second-order valence-corrected chi connectivity index (χ2v) is 5.04. The van der Waals surface area contributed by atoms with Gasteiger partial charge in [-0.2, -0.15) is 0 Å². The molecular weight excluding hydrogens is 210 g/mol. The molecule has 0 amide bonds. The first-order valence-electron chi connectivity index (χ1n) is 7.08. The van der Waals surface area contributed by atoms with Crippen molar-refractivity contribution in [1.82, 2.24) is 15.1 Å². The predicted molar refractivity (Wildman–Crippen MR) is 75.5 cm³/mol. The maximum absolute atomic E-state index is 4.16. The highest BCUT2D eigenvalue weighted by Crippen LogP contribution is 2.04. The molecule has 0 spiro atoms. The average Bonchev–Trinajstić information content (AvgIpc) is 2.32. The van der Waals surface area contributed by atoms with Gasteiger partial charge in [0, 0.05) is 39.3 Å². The molecule has 0 atom stereocenters. The number of piperazine rings is 1. The molecule has 1 rings (SSSR count). The minimum Gasteiger partial charge on any atom is -0.313 e. The fourth-order valence-electron chi connectivity index (χ4n) is 2.30. The SMILES string of the molecule is C=C(CNCCC)CN1CCN(CCC)CC1. The highest BCUT2D eigenvalue weighted by Gasteiger charge is 2.15. The summed E-state index contributed by atoms with van der Waals surface area (Å²) >= 11 is 0. The van der Waals surface area contributed by atoms with Crippen molar-refractivity contribution >= 4 is 0 Å². The van der Waals surface area contributed by atoms with E-state index in [-0.39, 0.29) is 0 Å². The van der Waals surface area contributed by atoms with Crippen LogP contribution in [-0.4, -0.2) is 62.2 Å². The molecule has 0 aliphatic carbocycles. The molecule has 0 aromatic carbocycles. The lowest BCUT2D eigenvalue weighted by molar-refractivity contribution is 0.140. The van der Waals surface area contributed by atoms with Gasteiger partial charge < -0.3 is 10.2 Å². The van der Waals surface area contributed by atoms with E-state index in [1.807, 2.05) is 0 Å². The van der Waals surface area contributed by atoms with Crippen molar-refractivity contribution in [2.24, 2.45) is 0 Å². The van der Waals surface area contributed by atoms with Crippen molar-refractivity contribution in [2.45, 2.75) is 26.7 Å². The molecule has 0 radical (unpaired) electrons. The largest absolute Gasteiger partial charge is 0.313 e. The summed E-state index contributed by atoms with van der Waals surface area (Å²) in [7, 11) is 0. The summed E-state index contributed by atoms with van der Waals surface area (Å²) in [5.74, 6) is 0. The molecule has 1 saturated heterocycles. The van der Waals surface area contributed by atoms with E-state index in [4.69, 9.17) is 0 Å². The Morgan fingerprint density at radius 1 is 1.06 bits per heavy atom. The van der Waals surface area contributed by atoms with Crippen LogP contribution in [0.25, 0.3) is 0 Å². The van der Waals surface area contributed by atoms with E-state index >= 15 is 0 Å². The first kappa shape index (κ1) is 14.7. The number of hydrogen-bond acceptors (Lipinski definition) is 3. The topological polar surface area (TPSA) is 18.5 Å². The van der Waals surface area contributed by atoms with Crippen molar-refractivity contribution in [3.63, 3.8) is 0 Å². The molecule has 1 fully saturated rings. The van der Waals surface area contributed by atoms with E-state index < -0.39 is 0 Å². The van der Waals surface area contributed by atoms with Gasteiger partial charge >= 0.3 is 0 Å². The summed E-state index contributed by atoms with van der Waals surface area (Å²) in [5, 5.41) is 3.42. The Bertz CT molecular complexity index is 208. The number of nitrogens with zero attached hydrogens (tertiary/aromatic N) is 2. The molecule has 100 valence electrons. The molecule has 0 unspecified atom stereocenters. The molecule has 17 heavy (non-hydrogen) atoms. The van der Waals surface area contributed by atoms with E-state index in [0.29, 0.717) is 0 Å². The van der Waals surface area contributed by atoms with E-state index in [1.54, 1.807) is 0 Å². The monoisotopic (exact) mass is 239 g/mol. The van der Waals surface area contributed by atoms with Gasteiger partial charge in [0.25, 0.3) is 0 Å². The summed E-state index contributed by atoms with van der Waals surface area (Å²) in [6, 6.07) is 0. The number of nitrogens with one attached hydrogen (secondary N) is 1. The van der Waals surface area contributed by atoms with Crippen LogP contribution in [-0.2, 0) is 0 Å². The van der Waals surface area contributed by atoms with E-state index in [9.17, 15) is 0 Å². The first-order chi connectivity index (χ1) is 8.26. The summed E-state index contributed by atoms with van der Waals surface area (Å²) in [5.41, 5.74) is 1.32. The number of hydrogen-bond donors (Lipinski definition) is 1. The molecule has 0 bridgehead atoms. The maximum Gasteiger partial charge on any atom is 0.0203 e. The fourth-order valence-corrected chi connectivity index (χ4v) is 2.30. The summed E-state index contributed by atoms with van der Waals surface area (Å²) in [6.45, 7) is 17.9. The minimum absolute atomic E-state index is 0.975. The van der Waals surface area contributed by atoms with E-state index in [2.05, 4.69) is 35.5 Å². The van der Waals surface area contributed by atoms with Gasteiger partial charge in [-0.1, -0.05) is 20.4 Å². The molecule has 3 heteroatoms. The zero-order valence-corrected chi connectivity index (χ0v) is 11.7. The van der Waals surface area contributed by atoms with Crippen LogP contribution in [0.5, 0.6) is 0 Å². The molecule has 1 aliphatic rings. The average molecular weight is 239 g/mol. The Kier molecular flexibility index (Phi) is 7.49. The van der Waals surface area contributed by atoms with Crippen molar-refractivity contribution < 1.29 is 0 Å². The van der Waals surface area contributed by atoms with Gasteiger partial charge in [0.15, 0.2) is 0 Å². The third-order valence-electron chi connectivity index (χ3n) is 3.25. The highest BCUT2D eigenvalue weighted by molar-refractivity contribution is 5.00. The zero-order chi connectivity index (χ0) is 12.5. The van der Waals surface area contributed by atoms with Crippen LogP contribution in [0.4, 0.5) is 0 Å². The normalized spacial score (nSPS) is 18.5. The van der Waals surface area contributed by atoms with Gasteiger partial charge in [-0.15, -0.1) is 0 Å². The van der Waals surface area contributed by atoms with Gasteiger partial charge in [-0.3, -0.25) is 4.90 Å². The van der Waals surface area contributed by atoms with E-state index in [0.717, 1.165) is 19.6 Å². The molecule has 1 heterocycles. The van der Waals surface area contributed by atoms with Gasteiger partial charge in [0.1, 0.15) is 0 Å².